The third-order valence-corrected chi connectivity index (χ3v) is 4.34. The van der Waals surface area contributed by atoms with E-state index in [2.05, 4.69) is 66.8 Å². The Kier molecular flexibility index (Phi) is 5.06. The van der Waals surface area contributed by atoms with E-state index in [1.807, 2.05) is 0 Å². The molecule has 0 radical (unpaired) electrons. The molecule has 1 atom stereocenters. The molecule has 2 heteroatoms. The van der Waals surface area contributed by atoms with Gasteiger partial charge in [-0.05, 0) is 23.7 Å². The van der Waals surface area contributed by atoms with Crippen molar-refractivity contribution in [2.24, 2.45) is 22.7 Å². The summed E-state index contributed by atoms with van der Waals surface area (Å²) in [5.41, 5.74) is 0. The van der Waals surface area contributed by atoms with Crippen molar-refractivity contribution in [1.82, 2.24) is 0 Å². The van der Waals surface area contributed by atoms with Crippen molar-refractivity contribution in [3.63, 3.8) is 0 Å². The molecule has 1 aliphatic carbocycles. The van der Waals surface area contributed by atoms with Crippen LogP contribution in [0.15, 0.2) is 52.9 Å². The molecule has 0 N–H and O–H groups in total. The van der Waals surface area contributed by atoms with E-state index in [9.17, 15) is 0 Å². The maximum absolute atomic E-state index is 4.67. The molecule has 1 heterocycles. The fourth-order valence-corrected chi connectivity index (χ4v) is 3.27. The SMILES string of the molecule is CC(C)C(CC1C=CC=CC=C1)C1=NCC=CS1. The fourth-order valence-electron chi connectivity index (χ4n) is 2.26. The highest BCUT2D eigenvalue weighted by Gasteiger charge is 2.23. The predicted molar refractivity (Wildman–Crippen MR) is 82.9 cm³/mol. The van der Waals surface area contributed by atoms with Gasteiger partial charge in [0.25, 0.3) is 0 Å². The molecule has 0 saturated carbocycles. The Bertz CT molecular complexity index is 397. The normalized spacial score (nSPS) is 21.2. The van der Waals surface area contributed by atoms with Gasteiger partial charge in [-0.3, -0.25) is 4.99 Å². The van der Waals surface area contributed by atoms with Gasteiger partial charge in [0.05, 0.1) is 11.6 Å². The summed E-state index contributed by atoms with van der Waals surface area (Å²) in [7, 11) is 0. The lowest BCUT2D eigenvalue weighted by molar-refractivity contribution is 0.441. The van der Waals surface area contributed by atoms with Crippen molar-refractivity contribution in [1.29, 1.82) is 0 Å². The van der Waals surface area contributed by atoms with Crippen LogP contribution in [0, 0.1) is 17.8 Å². The Morgan fingerprint density at radius 1 is 1.22 bits per heavy atom. The van der Waals surface area contributed by atoms with Crippen LogP contribution in [-0.4, -0.2) is 11.6 Å². The van der Waals surface area contributed by atoms with Gasteiger partial charge < -0.3 is 0 Å². The molecule has 0 fully saturated rings. The highest BCUT2D eigenvalue weighted by atomic mass is 32.2. The molecule has 2 aliphatic rings. The van der Waals surface area contributed by atoms with Crippen LogP contribution in [0.3, 0.4) is 0 Å². The van der Waals surface area contributed by atoms with E-state index in [0.717, 1.165) is 13.0 Å². The van der Waals surface area contributed by atoms with Crippen molar-refractivity contribution in [3.05, 3.63) is 47.9 Å². The highest BCUT2D eigenvalue weighted by Crippen LogP contribution is 2.30. The average molecular weight is 259 g/mol. The highest BCUT2D eigenvalue weighted by molar-refractivity contribution is 8.16. The van der Waals surface area contributed by atoms with Crippen molar-refractivity contribution in [3.8, 4) is 0 Å². The molecule has 0 bridgehead atoms. The first-order chi connectivity index (χ1) is 8.77. The van der Waals surface area contributed by atoms with Crippen molar-refractivity contribution >= 4 is 16.8 Å². The van der Waals surface area contributed by atoms with Crippen LogP contribution in [0.5, 0.6) is 0 Å². The van der Waals surface area contributed by atoms with Gasteiger partial charge in [0.1, 0.15) is 0 Å². The number of aliphatic imine (C=N–C) groups is 1. The van der Waals surface area contributed by atoms with Crippen LogP contribution >= 0.6 is 11.8 Å². The van der Waals surface area contributed by atoms with Gasteiger partial charge >= 0.3 is 0 Å². The predicted octanol–water partition coefficient (Wildman–Crippen LogP) is 4.61. The lowest BCUT2D eigenvalue weighted by atomic mass is 9.86. The van der Waals surface area contributed by atoms with Crippen LogP contribution in [0.25, 0.3) is 0 Å². The zero-order valence-corrected chi connectivity index (χ0v) is 11.9. The van der Waals surface area contributed by atoms with Crippen LogP contribution in [0.2, 0.25) is 0 Å². The van der Waals surface area contributed by atoms with E-state index < -0.39 is 0 Å². The van der Waals surface area contributed by atoms with Gasteiger partial charge in [-0.1, -0.05) is 68.1 Å². The van der Waals surface area contributed by atoms with Crippen LogP contribution in [0.4, 0.5) is 0 Å². The fraction of sp³-hybridized carbons (Fsp3) is 0.438. The van der Waals surface area contributed by atoms with E-state index in [1.165, 1.54) is 5.04 Å². The topological polar surface area (TPSA) is 12.4 Å². The number of allylic oxidation sites excluding steroid dienone is 6. The summed E-state index contributed by atoms with van der Waals surface area (Å²) in [5.74, 6) is 1.74. The Balaban J connectivity index is 2.04. The second kappa shape index (κ2) is 6.79. The van der Waals surface area contributed by atoms with Crippen molar-refractivity contribution in [2.45, 2.75) is 20.3 Å². The lowest BCUT2D eigenvalue weighted by Gasteiger charge is -2.25. The van der Waals surface area contributed by atoms with Gasteiger partial charge in [-0.15, -0.1) is 0 Å². The average Bonchev–Trinajstić information content (AvgIpc) is 2.65. The first-order valence-corrected chi connectivity index (χ1v) is 7.53. The molecule has 1 nitrogen and oxygen atoms in total. The van der Waals surface area contributed by atoms with Crippen molar-refractivity contribution < 1.29 is 0 Å². The summed E-state index contributed by atoms with van der Waals surface area (Å²) >= 11 is 1.80. The van der Waals surface area contributed by atoms with E-state index in [-0.39, 0.29) is 0 Å². The van der Waals surface area contributed by atoms with Gasteiger partial charge in [-0.25, -0.2) is 0 Å². The van der Waals surface area contributed by atoms with Crippen LogP contribution in [0.1, 0.15) is 20.3 Å². The summed E-state index contributed by atoms with van der Waals surface area (Å²) < 4.78 is 0. The third kappa shape index (κ3) is 3.74. The molecule has 0 aromatic rings. The van der Waals surface area contributed by atoms with Crippen LogP contribution in [-0.2, 0) is 0 Å². The first-order valence-electron chi connectivity index (χ1n) is 6.65. The van der Waals surface area contributed by atoms with Gasteiger partial charge in [0.15, 0.2) is 0 Å². The summed E-state index contributed by atoms with van der Waals surface area (Å²) in [6, 6.07) is 0. The van der Waals surface area contributed by atoms with E-state index in [0.29, 0.717) is 17.8 Å². The van der Waals surface area contributed by atoms with Gasteiger partial charge in [-0.2, -0.15) is 0 Å². The molecule has 0 aromatic heterocycles. The monoisotopic (exact) mass is 259 g/mol. The number of rotatable bonds is 4. The van der Waals surface area contributed by atoms with Crippen LogP contribution < -0.4 is 0 Å². The standard InChI is InChI=1S/C16H21NS/c1-13(2)15(16-17-10-7-11-18-16)12-14-8-5-3-4-6-9-14/h3-9,11,13-15H,10,12H2,1-2H3. The smallest absolute Gasteiger partial charge is 0.0755 e. The summed E-state index contributed by atoms with van der Waals surface area (Å²) in [6.07, 6.45) is 16.4. The van der Waals surface area contributed by atoms with E-state index in [1.54, 1.807) is 11.8 Å². The molecule has 0 saturated heterocycles. The third-order valence-electron chi connectivity index (χ3n) is 3.34. The zero-order chi connectivity index (χ0) is 12.8. The summed E-state index contributed by atoms with van der Waals surface area (Å²) in [6.45, 7) is 5.45. The number of nitrogens with zero attached hydrogens (tertiary/aromatic N) is 1. The molecule has 96 valence electrons. The van der Waals surface area contributed by atoms with Gasteiger partial charge in [0, 0.05) is 5.92 Å². The zero-order valence-electron chi connectivity index (χ0n) is 11.1. The first kappa shape index (κ1) is 13.4. The Labute approximate surface area is 114 Å². The molecule has 2 rings (SSSR count). The molecule has 0 amide bonds. The molecular weight excluding hydrogens is 238 g/mol. The molecule has 18 heavy (non-hydrogen) atoms. The molecule has 1 aliphatic heterocycles. The van der Waals surface area contributed by atoms with E-state index in [4.69, 9.17) is 0 Å². The number of hydrogen-bond acceptors (Lipinski definition) is 2. The largest absolute Gasteiger partial charge is 0.278 e. The summed E-state index contributed by atoms with van der Waals surface area (Å²) in [5, 5.41) is 3.49. The number of hydrogen-bond donors (Lipinski definition) is 0. The lowest BCUT2D eigenvalue weighted by Crippen LogP contribution is -2.21. The second-order valence-corrected chi connectivity index (χ2v) is 6.00. The Morgan fingerprint density at radius 3 is 2.50 bits per heavy atom. The molecule has 0 aromatic carbocycles. The minimum absolute atomic E-state index is 0.529. The van der Waals surface area contributed by atoms with Gasteiger partial charge in [0.2, 0.25) is 0 Å². The van der Waals surface area contributed by atoms with E-state index >= 15 is 0 Å². The Hall–Kier alpha value is -1.02. The minimum Gasteiger partial charge on any atom is -0.278 e. The Morgan fingerprint density at radius 2 is 1.94 bits per heavy atom. The quantitative estimate of drug-likeness (QED) is 0.718. The molecular formula is C16H21NS. The number of thioether (sulfide) groups is 1. The molecule has 1 unspecified atom stereocenters. The molecule has 0 spiro atoms. The maximum Gasteiger partial charge on any atom is 0.0755 e. The maximum atomic E-state index is 4.67. The minimum atomic E-state index is 0.529. The second-order valence-electron chi connectivity index (χ2n) is 5.07. The van der Waals surface area contributed by atoms with Crippen molar-refractivity contribution in [2.75, 3.05) is 6.54 Å². The summed E-state index contributed by atoms with van der Waals surface area (Å²) in [4.78, 5) is 4.67.